The molecule has 2 atom stereocenters. The third-order valence-corrected chi connectivity index (χ3v) is 8.11. The number of hydrogen-bond donors (Lipinski definition) is 1. The van der Waals surface area contributed by atoms with E-state index in [9.17, 15) is 18.9 Å². The lowest BCUT2D eigenvalue weighted by Gasteiger charge is -2.28. The van der Waals surface area contributed by atoms with Crippen LogP contribution in [0.1, 0.15) is 126 Å². The quantitative estimate of drug-likeness (QED) is 0.0176. The Balaban J connectivity index is 5.75. The average Bonchev–Trinajstić information content (AvgIpc) is 2.99. The van der Waals surface area contributed by atoms with Crippen molar-refractivity contribution in [2.24, 2.45) is 22.3 Å². The maximum Gasteiger partial charge on any atom is 0.510 e. The summed E-state index contributed by atoms with van der Waals surface area (Å²) in [7, 11) is -3.29. The maximum atomic E-state index is 14.2. The summed E-state index contributed by atoms with van der Waals surface area (Å²) < 4.78 is 55.6. The van der Waals surface area contributed by atoms with Gasteiger partial charge in [-0.3, -0.25) is 4.79 Å². The third-order valence-electron chi connectivity index (χ3n) is 6.71. The van der Waals surface area contributed by atoms with Crippen molar-refractivity contribution in [2.75, 3.05) is 33.4 Å². The van der Waals surface area contributed by atoms with Gasteiger partial charge in [0.25, 0.3) is 0 Å². The van der Waals surface area contributed by atoms with Crippen LogP contribution in [0.15, 0.2) is 4.76 Å². The summed E-state index contributed by atoms with van der Waals surface area (Å²) in [6.45, 7) is 12.7. The van der Waals surface area contributed by atoms with E-state index < -0.39 is 56.4 Å². The maximum absolute atomic E-state index is 14.2. The Kier molecular flexibility index (Phi) is 24.9. The first kappa shape index (κ1) is 44.4. The number of esters is 1. The molecule has 47 heavy (non-hydrogen) atoms. The number of hydrogen-bond acceptors (Lipinski definition) is 11. The number of ether oxygens (including phenoxy) is 5. The smallest absolute Gasteiger partial charge is 0.465 e. The monoisotopic (exact) mass is 695 g/mol. The van der Waals surface area contributed by atoms with E-state index in [-0.39, 0.29) is 26.4 Å². The summed E-state index contributed by atoms with van der Waals surface area (Å²) in [4.78, 5) is 38.2. The van der Waals surface area contributed by atoms with Crippen molar-refractivity contribution >= 4 is 32.0 Å². The van der Waals surface area contributed by atoms with E-state index in [0.717, 1.165) is 64.2 Å². The van der Waals surface area contributed by atoms with E-state index in [0.29, 0.717) is 12.8 Å². The van der Waals surface area contributed by atoms with Crippen LogP contribution in [-0.2, 0) is 42.1 Å². The molecule has 0 aromatic heterocycles. The molecule has 0 spiro atoms. The summed E-state index contributed by atoms with van der Waals surface area (Å²) in [6, 6.07) is 0. The fraction of sp³-hybridized carbons (Fsp3) is 0.875. The van der Waals surface area contributed by atoms with Gasteiger partial charge >= 0.3 is 26.0 Å². The SMILES string of the molecule is CCCCCCCCOC(=O)OC(OP(=O)(/N=C(\N)N(C)CC(=O)OCC)OC(OC(=O)OCCCCCCCC)C(C)C)C(C)C. The van der Waals surface area contributed by atoms with Gasteiger partial charge in [-0.15, -0.1) is 4.76 Å². The van der Waals surface area contributed by atoms with Crippen LogP contribution >= 0.6 is 7.75 Å². The number of nitrogens with two attached hydrogens (primary N) is 1. The minimum atomic E-state index is -4.71. The third kappa shape index (κ3) is 22.6. The first-order valence-corrected chi connectivity index (χ1v) is 18.6. The number of carbonyl (C=O) groups is 3. The molecule has 0 aliphatic rings. The summed E-state index contributed by atoms with van der Waals surface area (Å²) in [5.41, 5.74) is 6.07. The van der Waals surface area contributed by atoms with Crippen molar-refractivity contribution in [3.8, 4) is 0 Å². The Hall–Kier alpha value is -2.57. The molecule has 0 aliphatic heterocycles. The van der Waals surface area contributed by atoms with Gasteiger partial charge in [-0.25, -0.2) is 23.2 Å². The highest BCUT2D eigenvalue weighted by Crippen LogP contribution is 2.54. The minimum Gasteiger partial charge on any atom is -0.465 e. The van der Waals surface area contributed by atoms with Crippen molar-refractivity contribution in [2.45, 2.75) is 138 Å². The van der Waals surface area contributed by atoms with Crippen molar-refractivity contribution in [3.05, 3.63) is 0 Å². The Morgan fingerprint density at radius 1 is 0.681 bits per heavy atom. The molecule has 0 bridgehead atoms. The van der Waals surface area contributed by atoms with Gasteiger partial charge in [-0.1, -0.05) is 106 Å². The number of likely N-dealkylation sites (N-methyl/N-ethyl adjacent to an activating group) is 1. The van der Waals surface area contributed by atoms with Gasteiger partial charge < -0.3 is 34.3 Å². The molecule has 0 aromatic carbocycles. The topological polar surface area (TPSA) is 175 Å². The lowest BCUT2D eigenvalue weighted by Crippen LogP contribution is -2.38. The fourth-order valence-electron chi connectivity index (χ4n) is 3.91. The van der Waals surface area contributed by atoms with Crippen LogP contribution in [0.2, 0.25) is 0 Å². The molecule has 0 aliphatic carbocycles. The number of carbonyl (C=O) groups excluding carboxylic acids is 3. The predicted molar refractivity (Wildman–Crippen MR) is 180 cm³/mol. The molecule has 0 radical (unpaired) electrons. The average molecular weight is 696 g/mol. The second-order valence-corrected chi connectivity index (χ2v) is 13.6. The molecule has 0 saturated carbocycles. The molecule has 276 valence electrons. The predicted octanol–water partition coefficient (Wildman–Crippen LogP) is 7.93. The van der Waals surface area contributed by atoms with Crippen LogP contribution in [-0.4, -0.2) is 75.1 Å². The highest BCUT2D eigenvalue weighted by molar-refractivity contribution is 7.52. The molecule has 15 heteroatoms. The zero-order chi connectivity index (χ0) is 35.7. The van der Waals surface area contributed by atoms with Gasteiger partial charge in [-0.05, 0) is 19.8 Å². The Morgan fingerprint density at radius 2 is 1.09 bits per heavy atom. The molecule has 14 nitrogen and oxygen atoms in total. The van der Waals surface area contributed by atoms with Gasteiger partial charge in [0.05, 0.1) is 19.8 Å². The van der Waals surface area contributed by atoms with Crippen LogP contribution < -0.4 is 5.73 Å². The van der Waals surface area contributed by atoms with Gasteiger partial charge in [0.15, 0.2) is 0 Å². The normalized spacial score (nSPS) is 14.3. The van der Waals surface area contributed by atoms with E-state index in [2.05, 4.69) is 18.6 Å². The molecule has 0 aromatic rings. The minimum absolute atomic E-state index is 0.151. The summed E-state index contributed by atoms with van der Waals surface area (Å²) >= 11 is 0. The second-order valence-electron chi connectivity index (χ2n) is 12.0. The summed E-state index contributed by atoms with van der Waals surface area (Å²) in [5, 5.41) is 0. The van der Waals surface area contributed by atoms with Gasteiger partial charge in [0.2, 0.25) is 18.5 Å². The van der Waals surface area contributed by atoms with E-state index in [4.69, 9.17) is 38.5 Å². The standard InChI is InChI=1S/C32H62N3O11P/c1-9-12-14-16-18-20-22-41-31(37)43-28(25(4)5)45-47(39,34-30(33)35(8)24-27(36)40-11-3)46-29(26(6)7)44-32(38)42-23-21-19-17-15-13-10-2/h25-26,28-29H,9-24H2,1-8H3,(H2,33,34,39). The second kappa shape index (κ2) is 26.4. The number of unbranched alkanes of at least 4 members (excludes halogenated alkanes) is 10. The molecule has 0 fully saturated rings. The van der Waals surface area contributed by atoms with Crippen molar-refractivity contribution in [1.82, 2.24) is 4.90 Å². The molecule has 0 heterocycles. The first-order chi connectivity index (χ1) is 22.3. The summed E-state index contributed by atoms with van der Waals surface area (Å²) in [5.74, 6) is -2.08. The largest absolute Gasteiger partial charge is 0.510 e. The highest BCUT2D eigenvalue weighted by Gasteiger charge is 2.39. The van der Waals surface area contributed by atoms with Crippen LogP contribution in [0.5, 0.6) is 0 Å². The highest BCUT2D eigenvalue weighted by atomic mass is 31.2. The molecule has 2 N–H and O–H groups in total. The number of nitrogens with zero attached hydrogens (tertiary/aromatic N) is 2. The first-order valence-electron chi connectivity index (χ1n) is 17.1. The van der Waals surface area contributed by atoms with E-state index >= 15 is 0 Å². The molecule has 0 amide bonds. The van der Waals surface area contributed by atoms with Crippen molar-refractivity contribution < 1.29 is 51.7 Å². The van der Waals surface area contributed by atoms with E-state index in [1.54, 1.807) is 34.6 Å². The lowest BCUT2D eigenvalue weighted by molar-refractivity contribution is -0.143. The Morgan fingerprint density at radius 3 is 1.47 bits per heavy atom. The molecular weight excluding hydrogens is 633 g/mol. The van der Waals surface area contributed by atoms with E-state index in [1.165, 1.54) is 11.9 Å². The Bertz CT molecular complexity index is 899. The van der Waals surface area contributed by atoms with Crippen LogP contribution in [0.3, 0.4) is 0 Å². The molecule has 2 unspecified atom stereocenters. The zero-order valence-electron chi connectivity index (χ0n) is 30.0. The number of rotatable bonds is 26. The van der Waals surface area contributed by atoms with E-state index in [1.807, 2.05) is 0 Å². The molecule has 0 saturated heterocycles. The van der Waals surface area contributed by atoms with Crippen LogP contribution in [0.4, 0.5) is 9.59 Å². The van der Waals surface area contributed by atoms with Crippen LogP contribution in [0.25, 0.3) is 0 Å². The fourth-order valence-corrected chi connectivity index (χ4v) is 5.56. The summed E-state index contributed by atoms with van der Waals surface area (Å²) in [6.07, 6.45) is 7.15. The van der Waals surface area contributed by atoms with Gasteiger partial charge in [0, 0.05) is 18.9 Å². The van der Waals surface area contributed by atoms with Gasteiger partial charge in [0.1, 0.15) is 6.54 Å². The molecular formula is C32H62N3O11P. The van der Waals surface area contributed by atoms with Crippen molar-refractivity contribution in [1.29, 1.82) is 0 Å². The Labute approximate surface area is 282 Å². The van der Waals surface area contributed by atoms with Crippen LogP contribution in [0, 0.1) is 11.8 Å². The lowest BCUT2D eigenvalue weighted by atomic mass is 10.1. The molecule has 0 rings (SSSR count). The number of guanidine groups is 1. The van der Waals surface area contributed by atoms with Gasteiger partial charge in [-0.2, -0.15) is 0 Å². The zero-order valence-corrected chi connectivity index (χ0v) is 30.9. The van der Waals surface area contributed by atoms with Crippen molar-refractivity contribution in [3.63, 3.8) is 0 Å².